The van der Waals surface area contributed by atoms with Crippen molar-refractivity contribution in [3.8, 4) is 0 Å². The number of hydrogen-bond donors (Lipinski definition) is 1. The van der Waals surface area contributed by atoms with E-state index < -0.39 is 5.97 Å². The first kappa shape index (κ1) is 15.9. The van der Waals surface area contributed by atoms with Crippen molar-refractivity contribution < 1.29 is 9.90 Å². The molecule has 0 aliphatic carbocycles. The molecule has 1 saturated heterocycles. The van der Waals surface area contributed by atoms with E-state index in [2.05, 4.69) is 33.9 Å². The minimum atomic E-state index is -0.841. The molecule has 0 aromatic carbocycles. The summed E-state index contributed by atoms with van der Waals surface area (Å²) < 4.78 is 0. The Morgan fingerprint density at radius 1 is 1.24 bits per heavy atom. The Bertz CT molecular complexity index is 509. The largest absolute Gasteiger partial charge is 0.481 e. The molecule has 0 radical (unpaired) electrons. The number of likely N-dealkylation sites (N-methyl/N-ethyl adjacent to an activating group) is 2. The first-order valence-electron chi connectivity index (χ1n) is 7.30. The molecule has 0 amide bonds. The Labute approximate surface area is 125 Å². The highest BCUT2D eigenvalue weighted by Crippen LogP contribution is 2.15. The smallest absolute Gasteiger partial charge is 0.307 e. The second-order valence-corrected chi connectivity index (χ2v) is 5.96. The number of carbonyl (C=O) groups is 1. The Morgan fingerprint density at radius 3 is 2.43 bits per heavy atom. The second kappa shape index (κ2) is 6.49. The van der Waals surface area contributed by atoms with Crippen LogP contribution in [0, 0.1) is 13.8 Å². The molecule has 1 unspecified atom stereocenters. The molecule has 1 aliphatic heterocycles. The van der Waals surface area contributed by atoms with Crippen LogP contribution in [0.4, 0.5) is 0 Å². The summed E-state index contributed by atoms with van der Waals surface area (Å²) in [7, 11) is 4.27. The summed E-state index contributed by atoms with van der Waals surface area (Å²) in [6.07, 6.45) is 0.792. The number of hydrogen-bond acceptors (Lipinski definition) is 5. The lowest BCUT2D eigenvalue weighted by atomic mass is 10.1. The van der Waals surface area contributed by atoms with Gasteiger partial charge >= 0.3 is 5.97 Å². The summed E-state index contributed by atoms with van der Waals surface area (Å²) in [5, 5.41) is 8.94. The van der Waals surface area contributed by atoms with Crippen LogP contribution >= 0.6 is 0 Å². The van der Waals surface area contributed by atoms with Crippen LogP contribution in [0.1, 0.15) is 22.8 Å². The Morgan fingerprint density at radius 2 is 1.86 bits per heavy atom. The summed E-state index contributed by atoms with van der Waals surface area (Å²) in [5.41, 5.74) is 2.30. The fourth-order valence-electron chi connectivity index (χ4n) is 2.84. The van der Waals surface area contributed by atoms with Gasteiger partial charge in [-0.2, -0.15) is 0 Å². The zero-order chi connectivity index (χ0) is 15.6. The molecule has 6 nitrogen and oxygen atoms in total. The van der Waals surface area contributed by atoms with Gasteiger partial charge < -0.3 is 14.9 Å². The van der Waals surface area contributed by atoms with E-state index in [1.807, 2.05) is 13.8 Å². The zero-order valence-corrected chi connectivity index (χ0v) is 13.3. The van der Waals surface area contributed by atoms with E-state index >= 15 is 0 Å². The lowest BCUT2D eigenvalue weighted by Gasteiger charge is -2.37. The molecule has 6 heteroatoms. The molecule has 21 heavy (non-hydrogen) atoms. The van der Waals surface area contributed by atoms with Crippen LogP contribution in [0.5, 0.6) is 0 Å². The lowest BCUT2D eigenvalue weighted by molar-refractivity contribution is -0.136. The van der Waals surface area contributed by atoms with Crippen molar-refractivity contribution in [2.45, 2.75) is 32.7 Å². The molecule has 0 spiro atoms. The van der Waals surface area contributed by atoms with Crippen molar-refractivity contribution in [1.82, 2.24) is 19.8 Å². The minimum absolute atomic E-state index is 0.00990. The number of carboxylic acid groups (broad SMARTS) is 1. The second-order valence-electron chi connectivity index (χ2n) is 5.96. The third-order valence-corrected chi connectivity index (χ3v) is 4.19. The Balaban J connectivity index is 2.15. The average Bonchev–Trinajstić information content (AvgIpc) is 2.38. The normalized spacial score (nSPS) is 20.7. The quantitative estimate of drug-likeness (QED) is 0.872. The minimum Gasteiger partial charge on any atom is -0.481 e. The topological polar surface area (TPSA) is 69.6 Å². The van der Waals surface area contributed by atoms with Crippen molar-refractivity contribution in [3.63, 3.8) is 0 Å². The highest BCUT2D eigenvalue weighted by molar-refractivity contribution is 5.70. The van der Waals surface area contributed by atoms with E-state index in [0.29, 0.717) is 6.04 Å². The van der Waals surface area contributed by atoms with Crippen LogP contribution in [0.15, 0.2) is 0 Å². The number of carboxylic acids is 1. The molecule has 2 rings (SSSR count). The van der Waals surface area contributed by atoms with Crippen molar-refractivity contribution in [1.29, 1.82) is 0 Å². The van der Waals surface area contributed by atoms with Crippen molar-refractivity contribution in [2.75, 3.05) is 33.7 Å². The highest BCUT2D eigenvalue weighted by atomic mass is 16.4. The maximum atomic E-state index is 10.9. The number of aromatic nitrogens is 2. The van der Waals surface area contributed by atoms with Gasteiger partial charge in [-0.1, -0.05) is 0 Å². The van der Waals surface area contributed by atoms with E-state index in [1.54, 1.807) is 0 Å². The van der Waals surface area contributed by atoms with Gasteiger partial charge in [0.1, 0.15) is 5.82 Å². The van der Waals surface area contributed by atoms with Crippen molar-refractivity contribution >= 4 is 5.97 Å². The third-order valence-electron chi connectivity index (χ3n) is 4.19. The first-order valence-corrected chi connectivity index (χ1v) is 7.30. The molecule has 1 atom stereocenters. The number of nitrogens with zero attached hydrogens (tertiary/aromatic N) is 4. The van der Waals surface area contributed by atoms with Crippen molar-refractivity contribution in [3.05, 3.63) is 22.8 Å². The lowest BCUT2D eigenvalue weighted by Crippen LogP contribution is -2.51. The van der Waals surface area contributed by atoms with Crippen molar-refractivity contribution in [2.24, 2.45) is 0 Å². The predicted molar refractivity (Wildman–Crippen MR) is 80.5 cm³/mol. The molecule has 1 aromatic heterocycles. The third kappa shape index (κ3) is 3.98. The maximum absolute atomic E-state index is 10.9. The summed E-state index contributed by atoms with van der Waals surface area (Å²) in [6.45, 7) is 6.88. The molecule has 1 aromatic rings. The van der Waals surface area contributed by atoms with Gasteiger partial charge in [0.05, 0.1) is 6.42 Å². The Hall–Kier alpha value is -1.53. The molecular weight excluding hydrogens is 268 g/mol. The molecule has 2 heterocycles. The number of aliphatic carboxylic acids is 1. The van der Waals surface area contributed by atoms with E-state index in [4.69, 9.17) is 5.11 Å². The molecule has 1 N–H and O–H groups in total. The van der Waals surface area contributed by atoms with Gasteiger partial charge in [0.2, 0.25) is 0 Å². The van der Waals surface area contributed by atoms with Gasteiger partial charge in [0.25, 0.3) is 0 Å². The monoisotopic (exact) mass is 292 g/mol. The average molecular weight is 292 g/mol. The predicted octanol–water partition coefficient (Wildman–Crippen LogP) is 0.509. The van der Waals surface area contributed by atoms with Crippen LogP contribution in [0.2, 0.25) is 0 Å². The van der Waals surface area contributed by atoms with E-state index in [1.165, 1.54) is 0 Å². The maximum Gasteiger partial charge on any atom is 0.307 e. The van der Waals surface area contributed by atoms with E-state index in [0.717, 1.165) is 48.8 Å². The van der Waals surface area contributed by atoms with Crippen LogP contribution in [0.3, 0.4) is 0 Å². The number of piperazine rings is 1. The van der Waals surface area contributed by atoms with Gasteiger partial charge in [-0.15, -0.1) is 0 Å². The van der Waals surface area contributed by atoms with Gasteiger partial charge in [-0.3, -0.25) is 4.79 Å². The first-order chi connectivity index (χ1) is 9.86. The van der Waals surface area contributed by atoms with Gasteiger partial charge in [-0.25, -0.2) is 9.97 Å². The summed E-state index contributed by atoms with van der Waals surface area (Å²) in [5.74, 6) is -0.0301. The fourth-order valence-corrected chi connectivity index (χ4v) is 2.84. The van der Waals surface area contributed by atoms with Crippen LogP contribution in [0.25, 0.3) is 0 Å². The molecule has 116 valence electrons. The van der Waals surface area contributed by atoms with Crippen LogP contribution in [-0.4, -0.2) is 70.6 Å². The standard InChI is InChI=1S/C15H24N4O2/c1-10-13(8-15(20)21)11(2)17-14(16-10)7-12-9-18(3)5-6-19(12)4/h12H,5-9H2,1-4H3,(H,20,21). The molecule has 0 saturated carbocycles. The zero-order valence-electron chi connectivity index (χ0n) is 13.3. The molecule has 0 bridgehead atoms. The fraction of sp³-hybridized carbons (Fsp3) is 0.667. The summed E-state index contributed by atoms with van der Waals surface area (Å²) in [6, 6.07) is 0.410. The molecule has 1 aliphatic rings. The summed E-state index contributed by atoms with van der Waals surface area (Å²) >= 11 is 0. The van der Waals surface area contributed by atoms with E-state index in [-0.39, 0.29) is 6.42 Å². The van der Waals surface area contributed by atoms with Crippen LogP contribution < -0.4 is 0 Å². The Kier molecular flexibility index (Phi) is 4.90. The van der Waals surface area contributed by atoms with E-state index in [9.17, 15) is 4.79 Å². The van der Waals surface area contributed by atoms with Gasteiger partial charge in [0.15, 0.2) is 0 Å². The van der Waals surface area contributed by atoms with Crippen LogP contribution in [-0.2, 0) is 17.6 Å². The number of aryl methyl sites for hydroxylation is 2. The van der Waals surface area contributed by atoms with Gasteiger partial charge in [0, 0.05) is 49.0 Å². The molecule has 1 fully saturated rings. The highest BCUT2D eigenvalue weighted by Gasteiger charge is 2.24. The van der Waals surface area contributed by atoms with Gasteiger partial charge in [-0.05, 0) is 27.9 Å². The molecular formula is C15H24N4O2. The summed E-state index contributed by atoms with van der Waals surface area (Å²) in [4.78, 5) is 24.6. The number of rotatable bonds is 4. The SMILES string of the molecule is Cc1nc(CC2CN(C)CCN2C)nc(C)c1CC(=O)O.